The Labute approximate surface area is 229 Å². The number of nitrogens with zero attached hydrogens (tertiary/aromatic N) is 4. The van der Waals surface area contributed by atoms with Crippen molar-refractivity contribution in [1.82, 2.24) is 9.55 Å². The SMILES string of the molecule is c1ccc(-c2ccc3c(c2)-c2cccc4sc5c(c24)N3B2c3nc4ccccc4n3-c3ccccc3N25)cc1. The van der Waals surface area contributed by atoms with Crippen molar-refractivity contribution in [3.63, 3.8) is 0 Å². The van der Waals surface area contributed by atoms with Gasteiger partial charge in [0.25, 0.3) is 0 Å². The van der Waals surface area contributed by atoms with Crippen molar-refractivity contribution in [3.05, 3.63) is 115 Å². The molecule has 2 aromatic heterocycles. The Morgan fingerprint density at radius 1 is 0.615 bits per heavy atom. The second-order valence-corrected chi connectivity index (χ2v) is 11.5. The van der Waals surface area contributed by atoms with E-state index in [4.69, 9.17) is 4.98 Å². The summed E-state index contributed by atoms with van der Waals surface area (Å²) in [6.45, 7) is -0.0624. The Hall–Kier alpha value is -4.81. The molecular weight excluding hydrogens is 495 g/mol. The van der Waals surface area contributed by atoms with Crippen LogP contribution >= 0.6 is 11.3 Å². The van der Waals surface area contributed by atoms with E-state index < -0.39 is 0 Å². The van der Waals surface area contributed by atoms with Crippen molar-refractivity contribution < 1.29 is 0 Å². The fraction of sp³-hybridized carbons (Fsp3) is 0. The largest absolute Gasteiger partial charge is 0.459 e. The Bertz CT molecular complexity index is 2160. The van der Waals surface area contributed by atoms with Crippen molar-refractivity contribution in [2.24, 2.45) is 0 Å². The summed E-state index contributed by atoms with van der Waals surface area (Å²) in [4.78, 5) is 10.4. The molecule has 7 aromatic rings. The Kier molecular flexibility index (Phi) is 3.62. The van der Waals surface area contributed by atoms with Gasteiger partial charge >= 0.3 is 6.98 Å². The number of benzene rings is 5. The van der Waals surface area contributed by atoms with Gasteiger partial charge in [-0.15, -0.1) is 11.3 Å². The summed E-state index contributed by atoms with van der Waals surface area (Å²) < 4.78 is 3.70. The molecule has 0 spiro atoms. The predicted octanol–water partition coefficient (Wildman–Crippen LogP) is 7.89. The maximum Gasteiger partial charge on any atom is 0.459 e. The summed E-state index contributed by atoms with van der Waals surface area (Å²) in [5.74, 6) is 0. The molecule has 180 valence electrons. The van der Waals surface area contributed by atoms with Gasteiger partial charge in [0.2, 0.25) is 0 Å². The molecule has 4 nitrogen and oxygen atoms in total. The molecule has 0 atom stereocenters. The normalized spacial score (nSPS) is 14.0. The molecule has 0 amide bonds. The van der Waals surface area contributed by atoms with Crippen LogP contribution in [0.2, 0.25) is 0 Å². The second-order valence-electron chi connectivity index (χ2n) is 10.4. The molecule has 0 aliphatic carbocycles. The summed E-state index contributed by atoms with van der Waals surface area (Å²) >= 11 is 1.89. The summed E-state index contributed by atoms with van der Waals surface area (Å²) in [6, 6.07) is 41.7. The van der Waals surface area contributed by atoms with Crippen LogP contribution in [0.15, 0.2) is 115 Å². The van der Waals surface area contributed by atoms with Crippen LogP contribution in [0, 0.1) is 0 Å². The molecule has 3 aliphatic rings. The van der Waals surface area contributed by atoms with E-state index in [1.54, 1.807) is 0 Å². The first-order chi connectivity index (χ1) is 19.4. The number of aromatic nitrogens is 2. The van der Waals surface area contributed by atoms with Crippen molar-refractivity contribution in [2.45, 2.75) is 0 Å². The minimum absolute atomic E-state index is 0.0624. The van der Waals surface area contributed by atoms with Crippen LogP contribution in [0.1, 0.15) is 0 Å². The standard InChI is InChI=1S/C33H19BN4S/c1-2-9-20(10-3-1)21-17-18-25-23(19-21)22-11-8-16-29-30(22)31-32(39-29)38-28-15-7-6-14-27(28)36-26-13-5-4-12-24(26)35-33(36)34(38)37(25)31/h1-19H. The number of anilines is 4. The van der Waals surface area contributed by atoms with E-state index in [1.165, 1.54) is 60.1 Å². The molecule has 5 heterocycles. The molecule has 39 heavy (non-hydrogen) atoms. The van der Waals surface area contributed by atoms with E-state index in [0.717, 1.165) is 16.8 Å². The van der Waals surface area contributed by atoms with Gasteiger partial charge in [-0.05, 0) is 59.2 Å². The number of hydrogen-bond donors (Lipinski definition) is 0. The monoisotopic (exact) mass is 514 g/mol. The number of hydrogen-bond acceptors (Lipinski definition) is 4. The van der Waals surface area contributed by atoms with Crippen LogP contribution in [0.5, 0.6) is 0 Å². The van der Waals surface area contributed by atoms with E-state index >= 15 is 0 Å². The lowest BCUT2D eigenvalue weighted by Gasteiger charge is -2.37. The molecule has 0 saturated heterocycles. The summed E-state index contributed by atoms with van der Waals surface area (Å²) in [7, 11) is 0. The maximum atomic E-state index is 5.28. The number of thiophene rings is 1. The molecule has 5 aromatic carbocycles. The lowest BCUT2D eigenvalue weighted by Crippen LogP contribution is -2.59. The first-order valence-electron chi connectivity index (χ1n) is 13.3. The van der Waals surface area contributed by atoms with Crippen LogP contribution < -0.4 is 15.3 Å². The van der Waals surface area contributed by atoms with Gasteiger partial charge in [0.1, 0.15) is 10.7 Å². The van der Waals surface area contributed by atoms with Gasteiger partial charge in [0.05, 0.1) is 28.1 Å². The van der Waals surface area contributed by atoms with Crippen molar-refractivity contribution >= 4 is 67.2 Å². The van der Waals surface area contributed by atoms with Gasteiger partial charge in [-0.2, -0.15) is 0 Å². The smallest absolute Gasteiger partial charge is 0.356 e. The van der Waals surface area contributed by atoms with Gasteiger partial charge in [-0.1, -0.05) is 72.8 Å². The van der Waals surface area contributed by atoms with Crippen LogP contribution in [-0.4, -0.2) is 16.5 Å². The van der Waals surface area contributed by atoms with Gasteiger partial charge in [-0.3, -0.25) is 4.57 Å². The van der Waals surface area contributed by atoms with E-state index in [0.29, 0.717) is 0 Å². The van der Waals surface area contributed by atoms with Gasteiger partial charge in [0.15, 0.2) is 0 Å². The number of rotatable bonds is 1. The van der Waals surface area contributed by atoms with Crippen LogP contribution in [0.25, 0.3) is 49.1 Å². The highest BCUT2D eigenvalue weighted by atomic mass is 32.1. The molecule has 0 radical (unpaired) electrons. The number of imidazole rings is 1. The molecule has 3 aliphatic heterocycles. The minimum atomic E-state index is -0.0624. The highest BCUT2D eigenvalue weighted by molar-refractivity contribution is 7.25. The van der Waals surface area contributed by atoms with E-state index in [9.17, 15) is 0 Å². The van der Waals surface area contributed by atoms with E-state index in [1.807, 2.05) is 11.3 Å². The molecular formula is C33H19BN4S. The second kappa shape index (κ2) is 6.98. The molecule has 10 rings (SSSR count). The third kappa shape index (κ3) is 2.39. The summed E-state index contributed by atoms with van der Waals surface area (Å²) in [6.07, 6.45) is 0. The first kappa shape index (κ1) is 20.2. The molecule has 0 bridgehead atoms. The average Bonchev–Trinajstić information content (AvgIpc) is 3.67. The number of para-hydroxylation sites is 4. The minimum Gasteiger partial charge on any atom is -0.356 e. The Morgan fingerprint density at radius 2 is 1.44 bits per heavy atom. The predicted molar refractivity (Wildman–Crippen MR) is 163 cm³/mol. The highest BCUT2D eigenvalue weighted by Gasteiger charge is 2.53. The van der Waals surface area contributed by atoms with E-state index in [2.05, 4.69) is 129 Å². The number of fused-ring (bicyclic) bond motifs is 13. The third-order valence-corrected chi connectivity index (χ3v) is 9.62. The zero-order valence-corrected chi connectivity index (χ0v) is 21.6. The maximum absolute atomic E-state index is 5.28. The molecule has 0 fully saturated rings. The Morgan fingerprint density at radius 3 is 2.36 bits per heavy atom. The van der Waals surface area contributed by atoms with Crippen LogP contribution in [0.3, 0.4) is 0 Å². The molecule has 0 saturated carbocycles. The van der Waals surface area contributed by atoms with E-state index in [-0.39, 0.29) is 6.98 Å². The zero-order chi connectivity index (χ0) is 25.2. The third-order valence-electron chi connectivity index (χ3n) is 8.47. The quantitative estimate of drug-likeness (QED) is 0.208. The van der Waals surface area contributed by atoms with Crippen molar-refractivity contribution in [1.29, 1.82) is 0 Å². The van der Waals surface area contributed by atoms with Crippen LogP contribution in [0.4, 0.5) is 22.1 Å². The lowest BCUT2D eigenvalue weighted by atomic mass is 9.68. The zero-order valence-electron chi connectivity index (χ0n) is 20.7. The highest BCUT2D eigenvalue weighted by Crippen LogP contribution is 2.62. The lowest BCUT2D eigenvalue weighted by molar-refractivity contribution is 1.10. The summed E-state index contributed by atoms with van der Waals surface area (Å²) in [5.41, 5.74) is 13.3. The summed E-state index contributed by atoms with van der Waals surface area (Å²) in [5, 5.41) is 2.65. The molecule has 0 unspecified atom stereocenters. The van der Waals surface area contributed by atoms with Gasteiger partial charge < -0.3 is 9.62 Å². The van der Waals surface area contributed by atoms with Gasteiger partial charge in [-0.25, -0.2) is 4.98 Å². The van der Waals surface area contributed by atoms with Crippen molar-refractivity contribution in [2.75, 3.05) is 9.62 Å². The fourth-order valence-corrected chi connectivity index (χ4v) is 8.16. The fourth-order valence-electron chi connectivity index (χ4n) is 6.90. The van der Waals surface area contributed by atoms with Crippen molar-refractivity contribution in [3.8, 4) is 27.9 Å². The van der Waals surface area contributed by atoms with Crippen LogP contribution in [-0.2, 0) is 0 Å². The van der Waals surface area contributed by atoms with Gasteiger partial charge in [0, 0.05) is 21.3 Å². The molecule has 6 heteroatoms. The molecule has 0 N–H and O–H groups in total. The first-order valence-corrected chi connectivity index (χ1v) is 14.1. The average molecular weight is 514 g/mol. The Balaban J connectivity index is 1.32. The topological polar surface area (TPSA) is 24.3 Å².